The molecular formula is C29H27F3N4OS. The molecule has 5 nitrogen and oxygen atoms in total. The lowest BCUT2D eigenvalue weighted by molar-refractivity contribution is -0.137. The molecule has 1 aliphatic heterocycles. The summed E-state index contributed by atoms with van der Waals surface area (Å²) in [6.07, 6.45) is -2.75. The van der Waals surface area contributed by atoms with Crippen molar-refractivity contribution in [2.45, 2.75) is 38.7 Å². The summed E-state index contributed by atoms with van der Waals surface area (Å²) in [7, 11) is 1.62. The van der Waals surface area contributed by atoms with Crippen LogP contribution >= 0.6 is 12.2 Å². The van der Waals surface area contributed by atoms with E-state index in [0.717, 1.165) is 34.3 Å². The molecular weight excluding hydrogens is 509 g/mol. The van der Waals surface area contributed by atoms with Crippen molar-refractivity contribution >= 4 is 17.3 Å². The van der Waals surface area contributed by atoms with Gasteiger partial charge in [0.2, 0.25) is 0 Å². The van der Waals surface area contributed by atoms with Crippen molar-refractivity contribution in [3.8, 4) is 11.4 Å². The smallest absolute Gasteiger partial charge is 0.418 e. The van der Waals surface area contributed by atoms with E-state index >= 15 is 0 Å². The van der Waals surface area contributed by atoms with Crippen molar-refractivity contribution in [3.63, 3.8) is 0 Å². The first kappa shape index (κ1) is 25.8. The SMILES string of the molecule is COc1ccc(CN2C(=S)N[C@@H](c3ccccn3)[C@H]2c2cc(C)n(-c3ccccc3C(F)(F)F)c2C)cc1. The number of halogens is 3. The summed E-state index contributed by atoms with van der Waals surface area (Å²) in [5, 5.41) is 3.98. The third-order valence-electron chi connectivity index (χ3n) is 6.95. The van der Waals surface area contributed by atoms with E-state index in [4.69, 9.17) is 17.0 Å². The number of benzene rings is 2. The van der Waals surface area contributed by atoms with Gasteiger partial charge in [-0.25, -0.2) is 0 Å². The van der Waals surface area contributed by atoms with Crippen LogP contribution in [0.25, 0.3) is 5.69 Å². The standard InChI is InChI=1S/C29H27F3N4OS/c1-18-16-22(19(2)36(18)25-10-5-4-8-23(25)29(30,31)32)27-26(24-9-6-7-15-33-24)34-28(38)35(27)17-20-11-13-21(37-3)14-12-20/h4-16,26-27H,17H2,1-3H3,(H,34,38)/t26-,27+/m0/s1. The van der Waals surface area contributed by atoms with E-state index in [0.29, 0.717) is 17.4 Å². The molecule has 5 rings (SSSR count). The number of aryl methyl sites for hydroxylation is 1. The summed E-state index contributed by atoms with van der Waals surface area (Å²) in [6.45, 7) is 4.19. The fourth-order valence-corrected chi connectivity index (χ4v) is 5.51. The van der Waals surface area contributed by atoms with Gasteiger partial charge < -0.3 is 19.5 Å². The number of alkyl halides is 3. The molecule has 3 heterocycles. The lowest BCUT2D eigenvalue weighted by Gasteiger charge is -2.28. The molecule has 2 aromatic carbocycles. The highest BCUT2D eigenvalue weighted by Crippen LogP contribution is 2.43. The van der Waals surface area contributed by atoms with E-state index in [1.165, 1.54) is 12.1 Å². The minimum atomic E-state index is -4.48. The second-order valence-electron chi connectivity index (χ2n) is 9.28. The molecule has 0 bridgehead atoms. The van der Waals surface area contributed by atoms with Crippen LogP contribution in [0.2, 0.25) is 0 Å². The van der Waals surface area contributed by atoms with Crippen LogP contribution in [-0.2, 0) is 12.7 Å². The summed E-state index contributed by atoms with van der Waals surface area (Å²) >= 11 is 5.80. The number of ether oxygens (including phenoxy) is 1. The number of thiocarbonyl (C=S) groups is 1. The Morgan fingerprint density at radius 2 is 1.71 bits per heavy atom. The molecule has 0 amide bonds. The van der Waals surface area contributed by atoms with Crippen molar-refractivity contribution < 1.29 is 17.9 Å². The second-order valence-corrected chi connectivity index (χ2v) is 9.67. The highest BCUT2D eigenvalue weighted by Gasteiger charge is 2.42. The maximum atomic E-state index is 13.9. The lowest BCUT2D eigenvalue weighted by Crippen LogP contribution is -2.29. The predicted octanol–water partition coefficient (Wildman–Crippen LogP) is 6.69. The molecule has 4 aromatic rings. The minimum Gasteiger partial charge on any atom is -0.497 e. The molecule has 38 heavy (non-hydrogen) atoms. The second kappa shape index (κ2) is 10.1. The van der Waals surface area contributed by atoms with Crippen molar-refractivity contribution in [1.82, 2.24) is 19.8 Å². The molecule has 2 atom stereocenters. The summed E-state index contributed by atoms with van der Waals surface area (Å²) in [5.41, 5.74) is 3.56. The van der Waals surface area contributed by atoms with Gasteiger partial charge in [-0.3, -0.25) is 4.98 Å². The maximum absolute atomic E-state index is 13.9. The van der Waals surface area contributed by atoms with E-state index in [2.05, 4.69) is 15.2 Å². The van der Waals surface area contributed by atoms with Gasteiger partial charge in [-0.15, -0.1) is 0 Å². The molecule has 0 aliphatic carbocycles. The normalized spacial score (nSPS) is 17.5. The van der Waals surface area contributed by atoms with Crippen LogP contribution < -0.4 is 10.1 Å². The first-order valence-corrected chi connectivity index (χ1v) is 12.6. The van der Waals surface area contributed by atoms with Gasteiger partial charge >= 0.3 is 6.18 Å². The molecule has 0 spiro atoms. The van der Waals surface area contributed by atoms with E-state index in [1.54, 1.807) is 23.9 Å². The van der Waals surface area contributed by atoms with Gasteiger partial charge in [0.15, 0.2) is 5.11 Å². The Balaban J connectivity index is 1.63. The van der Waals surface area contributed by atoms with Gasteiger partial charge in [0.25, 0.3) is 0 Å². The average molecular weight is 537 g/mol. The zero-order valence-electron chi connectivity index (χ0n) is 21.2. The molecule has 0 saturated carbocycles. The van der Waals surface area contributed by atoms with Crippen molar-refractivity contribution in [2.24, 2.45) is 0 Å². The van der Waals surface area contributed by atoms with Gasteiger partial charge in [-0.1, -0.05) is 30.3 Å². The number of para-hydroxylation sites is 1. The Kier molecular flexibility index (Phi) is 6.88. The quantitative estimate of drug-likeness (QED) is 0.278. The zero-order chi connectivity index (χ0) is 27.0. The summed E-state index contributed by atoms with van der Waals surface area (Å²) in [5.74, 6) is 0.755. The fourth-order valence-electron chi connectivity index (χ4n) is 5.21. The molecule has 9 heteroatoms. The van der Waals surface area contributed by atoms with Crippen molar-refractivity contribution in [3.05, 3.63) is 113 Å². The number of hydrogen-bond acceptors (Lipinski definition) is 3. The van der Waals surface area contributed by atoms with Gasteiger partial charge in [0.1, 0.15) is 5.75 Å². The number of methoxy groups -OCH3 is 1. The number of nitrogens with one attached hydrogen (secondary N) is 1. The molecule has 1 N–H and O–H groups in total. The van der Waals surface area contributed by atoms with Crippen LogP contribution in [0.15, 0.2) is 79.0 Å². The number of rotatable bonds is 6. The van der Waals surface area contributed by atoms with Crippen LogP contribution in [-0.4, -0.2) is 26.7 Å². The van der Waals surface area contributed by atoms with E-state index < -0.39 is 11.7 Å². The van der Waals surface area contributed by atoms with Crippen LogP contribution in [0.4, 0.5) is 13.2 Å². The Bertz CT molecular complexity index is 1450. The van der Waals surface area contributed by atoms with E-state index in [9.17, 15) is 13.2 Å². The van der Waals surface area contributed by atoms with Crippen molar-refractivity contribution in [2.75, 3.05) is 7.11 Å². The average Bonchev–Trinajstić information content (AvgIpc) is 3.38. The first-order chi connectivity index (χ1) is 18.2. The molecule has 196 valence electrons. The summed E-state index contributed by atoms with van der Waals surface area (Å²) in [6, 6.07) is 20.5. The predicted molar refractivity (Wildman–Crippen MR) is 144 cm³/mol. The zero-order valence-corrected chi connectivity index (χ0v) is 22.0. The first-order valence-electron chi connectivity index (χ1n) is 12.2. The Morgan fingerprint density at radius 3 is 2.37 bits per heavy atom. The van der Waals surface area contributed by atoms with Gasteiger partial charge in [-0.05, 0) is 79.7 Å². The largest absolute Gasteiger partial charge is 0.497 e. The summed E-state index contributed by atoms with van der Waals surface area (Å²) < 4.78 is 48.8. The minimum absolute atomic E-state index is 0.103. The topological polar surface area (TPSA) is 42.3 Å². The molecule has 1 saturated heterocycles. The fraction of sp³-hybridized carbons (Fsp3) is 0.241. The summed E-state index contributed by atoms with van der Waals surface area (Å²) in [4.78, 5) is 6.66. The molecule has 0 radical (unpaired) electrons. The Morgan fingerprint density at radius 1 is 1.00 bits per heavy atom. The van der Waals surface area contributed by atoms with Gasteiger partial charge in [0, 0.05) is 24.1 Å². The monoisotopic (exact) mass is 536 g/mol. The number of nitrogens with zero attached hydrogens (tertiary/aromatic N) is 3. The maximum Gasteiger partial charge on any atom is 0.418 e. The number of pyridine rings is 1. The third kappa shape index (κ3) is 4.74. The van der Waals surface area contributed by atoms with E-state index in [1.807, 2.05) is 62.4 Å². The van der Waals surface area contributed by atoms with Crippen LogP contribution in [0.1, 0.15) is 45.9 Å². The molecule has 1 fully saturated rings. The van der Waals surface area contributed by atoms with E-state index in [-0.39, 0.29) is 17.8 Å². The third-order valence-corrected chi connectivity index (χ3v) is 7.30. The van der Waals surface area contributed by atoms with Gasteiger partial charge in [-0.2, -0.15) is 13.2 Å². The van der Waals surface area contributed by atoms with Crippen molar-refractivity contribution in [1.29, 1.82) is 0 Å². The Hall–Kier alpha value is -3.85. The lowest BCUT2D eigenvalue weighted by atomic mass is 9.96. The molecule has 0 unspecified atom stereocenters. The van der Waals surface area contributed by atoms with Crippen LogP contribution in [0.3, 0.4) is 0 Å². The van der Waals surface area contributed by atoms with Crippen LogP contribution in [0, 0.1) is 13.8 Å². The van der Waals surface area contributed by atoms with Gasteiger partial charge in [0.05, 0.1) is 36.1 Å². The number of hydrogen-bond donors (Lipinski definition) is 1. The number of aromatic nitrogens is 2. The Labute approximate surface area is 224 Å². The highest BCUT2D eigenvalue weighted by atomic mass is 32.1. The highest BCUT2D eigenvalue weighted by molar-refractivity contribution is 7.80. The van der Waals surface area contributed by atoms with Crippen LogP contribution in [0.5, 0.6) is 5.75 Å². The molecule has 2 aromatic heterocycles. The molecule has 1 aliphatic rings.